The van der Waals surface area contributed by atoms with E-state index in [4.69, 9.17) is 0 Å². The Bertz CT molecular complexity index is 559. The second-order valence-electron chi connectivity index (χ2n) is 5.54. The maximum atomic E-state index is 3.73. The molecular formula is C17H20BrNS. The molecule has 1 atom stereocenters. The maximum Gasteiger partial charge on any atom is 0.0701 e. The van der Waals surface area contributed by atoms with Gasteiger partial charge in [0, 0.05) is 16.3 Å². The largest absolute Gasteiger partial charge is 0.313 e. The first-order valence-corrected chi connectivity index (χ1v) is 8.89. The first-order chi connectivity index (χ1) is 9.74. The number of hydrogen-bond donors (Lipinski definition) is 1. The van der Waals surface area contributed by atoms with Gasteiger partial charge in [0.25, 0.3) is 0 Å². The number of thiophene rings is 1. The summed E-state index contributed by atoms with van der Waals surface area (Å²) in [4.78, 5) is 1.46. The molecule has 1 N–H and O–H groups in total. The smallest absolute Gasteiger partial charge is 0.0701 e. The standard InChI is InChI=1S/C17H20BrNS/c1-2-19-15(12-14-8-9-16(18)20-14)17(10-11-17)13-6-4-3-5-7-13/h3-9,15,19H,2,10-12H2,1H3. The third-order valence-corrected chi connectivity index (χ3v) is 5.94. The summed E-state index contributed by atoms with van der Waals surface area (Å²) in [5, 5.41) is 3.73. The van der Waals surface area contributed by atoms with Crippen molar-refractivity contribution in [1.82, 2.24) is 5.32 Å². The van der Waals surface area contributed by atoms with Gasteiger partial charge in [-0.15, -0.1) is 11.3 Å². The van der Waals surface area contributed by atoms with Gasteiger partial charge in [0.15, 0.2) is 0 Å². The van der Waals surface area contributed by atoms with Crippen LogP contribution in [0.2, 0.25) is 0 Å². The molecule has 0 amide bonds. The molecule has 1 fully saturated rings. The molecular weight excluding hydrogens is 330 g/mol. The van der Waals surface area contributed by atoms with Crippen molar-refractivity contribution >= 4 is 27.3 Å². The lowest BCUT2D eigenvalue weighted by atomic mass is 9.85. The zero-order chi connectivity index (χ0) is 14.0. The van der Waals surface area contributed by atoms with Crippen LogP contribution in [0.5, 0.6) is 0 Å². The summed E-state index contributed by atoms with van der Waals surface area (Å²) < 4.78 is 1.23. The predicted octanol–water partition coefficient (Wildman–Crippen LogP) is 4.76. The molecule has 0 spiro atoms. The third kappa shape index (κ3) is 2.85. The van der Waals surface area contributed by atoms with Crippen LogP contribution in [-0.2, 0) is 11.8 Å². The van der Waals surface area contributed by atoms with Crippen molar-refractivity contribution in [1.29, 1.82) is 0 Å². The number of likely N-dealkylation sites (N-methyl/N-ethyl adjacent to an activating group) is 1. The van der Waals surface area contributed by atoms with E-state index >= 15 is 0 Å². The predicted molar refractivity (Wildman–Crippen MR) is 90.5 cm³/mol. The first kappa shape index (κ1) is 14.3. The topological polar surface area (TPSA) is 12.0 Å². The Morgan fingerprint density at radius 1 is 1.20 bits per heavy atom. The highest BCUT2D eigenvalue weighted by Gasteiger charge is 2.50. The number of hydrogen-bond acceptors (Lipinski definition) is 2. The molecule has 0 aliphatic heterocycles. The van der Waals surface area contributed by atoms with Crippen LogP contribution in [0, 0.1) is 0 Å². The molecule has 1 saturated carbocycles. The lowest BCUT2D eigenvalue weighted by Crippen LogP contribution is -2.41. The highest BCUT2D eigenvalue weighted by molar-refractivity contribution is 9.11. The number of nitrogens with one attached hydrogen (secondary N) is 1. The average molecular weight is 350 g/mol. The van der Waals surface area contributed by atoms with Crippen LogP contribution in [-0.4, -0.2) is 12.6 Å². The first-order valence-electron chi connectivity index (χ1n) is 7.28. The Kier molecular flexibility index (Phi) is 4.29. The summed E-state index contributed by atoms with van der Waals surface area (Å²) in [6.45, 7) is 3.24. The Morgan fingerprint density at radius 2 is 1.95 bits per heavy atom. The molecule has 3 rings (SSSR count). The van der Waals surface area contributed by atoms with Crippen LogP contribution in [0.1, 0.15) is 30.2 Å². The molecule has 1 aromatic carbocycles. The highest BCUT2D eigenvalue weighted by atomic mass is 79.9. The fourth-order valence-electron chi connectivity index (χ4n) is 3.12. The van der Waals surface area contributed by atoms with Crippen LogP contribution >= 0.6 is 27.3 Å². The van der Waals surface area contributed by atoms with Crippen molar-refractivity contribution < 1.29 is 0 Å². The highest BCUT2D eigenvalue weighted by Crippen LogP contribution is 2.51. The van der Waals surface area contributed by atoms with Crippen molar-refractivity contribution in [3.8, 4) is 0 Å². The Morgan fingerprint density at radius 3 is 2.50 bits per heavy atom. The van der Waals surface area contributed by atoms with E-state index in [9.17, 15) is 0 Å². The summed E-state index contributed by atoms with van der Waals surface area (Å²) in [5.41, 5.74) is 1.86. The SMILES string of the molecule is CCNC(Cc1ccc(Br)s1)C1(c2ccccc2)CC1. The number of rotatable bonds is 6. The van der Waals surface area contributed by atoms with Crippen LogP contribution in [0.15, 0.2) is 46.3 Å². The van der Waals surface area contributed by atoms with E-state index in [-0.39, 0.29) is 0 Å². The Balaban J connectivity index is 1.83. The maximum absolute atomic E-state index is 3.73. The van der Waals surface area contributed by atoms with Gasteiger partial charge in [0.05, 0.1) is 3.79 Å². The van der Waals surface area contributed by atoms with E-state index in [1.165, 1.54) is 27.1 Å². The van der Waals surface area contributed by atoms with Crippen molar-refractivity contribution in [3.63, 3.8) is 0 Å². The molecule has 0 saturated heterocycles. The van der Waals surface area contributed by atoms with E-state index < -0.39 is 0 Å². The summed E-state index contributed by atoms with van der Waals surface area (Å²) in [6, 6.07) is 16.0. The molecule has 2 aromatic rings. The third-order valence-electron chi connectivity index (χ3n) is 4.29. The van der Waals surface area contributed by atoms with Gasteiger partial charge >= 0.3 is 0 Å². The lowest BCUT2D eigenvalue weighted by molar-refractivity contribution is 0.423. The van der Waals surface area contributed by atoms with Crippen molar-refractivity contribution in [2.75, 3.05) is 6.54 Å². The molecule has 1 aliphatic rings. The van der Waals surface area contributed by atoms with E-state index in [1.807, 2.05) is 11.3 Å². The van der Waals surface area contributed by atoms with Crippen molar-refractivity contribution in [2.24, 2.45) is 0 Å². The summed E-state index contributed by atoms with van der Waals surface area (Å²) in [6.07, 6.45) is 3.74. The normalized spacial score (nSPS) is 17.9. The molecule has 3 heteroatoms. The van der Waals surface area contributed by atoms with E-state index in [0.717, 1.165) is 13.0 Å². The molecule has 1 aliphatic carbocycles. The van der Waals surface area contributed by atoms with Crippen LogP contribution in [0.3, 0.4) is 0 Å². The molecule has 0 bridgehead atoms. The summed E-state index contributed by atoms with van der Waals surface area (Å²) in [7, 11) is 0. The summed E-state index contributed by atoms with van der Waals surface area (Å²) in [5.74, 6) is 0. The minimum atomic E-state index is 0.355. The van der Waals surface area contributed by atoms with Crippen LogP contribution in [0.4, 0.5) is 0 Å². The second kappa shape index (κ2) is 6.00. The quantitative estimate of drug-likeness (QED) is 0.792. The zero-order valence-corrected chi connectivity index (χ0v) is 14.1. The Hall–Kier alpha value is -0.640. The van der Waals surface area contributed by atoms with E-state index in [2.05, 4.69) is 70.6 Å². The van der Waals surface area contributed by atoms with Gasteiger partial charge in [0.2, 0.25) is 0 Å². The van der Waals surface area contributed by atoms with Gasteiger partial charge in [-0.2, -0.15) is 0 Å². The van der Waals surface area contributed by atoms with Gasteiger partial charge in [0.1, 0.15) is 0 Å². The fraction of sp³-hybridized carbons (Fsp3) is 0.412. The molecule has 20 heavy (non-hydrogen) atoms. The van der Waals surface area contributed by atoms with Crippen LogP contribution in [0.25, 0.3) is 0 Å². The molecule has 0 radical (unpaired) electrons. The molecule has 1 nitrogen and oxygen atoms in total. The van der Waals surface area contributed by atoms with Crippen molar-refractivity contribution in [3.05, 3.63) is 56.7 Å². The lowest BCUT2D eigenvalue weighted by Gasteiger charge is -2.28. The molecule has 1 aromatic heterocycles. The summed E-state index contributed by atoms with van der Waals surface area (Å²) >= 11 is 5.43. The van der Waals surface area contributed by atoms with Gasteiger partial charge in [-0.1, -0.05) is 37.3 Å². The number of halogens is 1. The second-order valence-corrected chi connectivity index (χ2v) is 8.09. The van der Waals surface area contributed by atoms with Gasteiger partial charge in [-0.3, -0.25) is 0 Å². The van der Waals surface area contributed by atoms with Crippen molar-refractivity contribution in [2.45, 2.75) is 37.6 Å². The van der Waals surface area contributed by atoms with Crippen LogP contribution < -0.4 is 5.32 Å². The van der Waals surface area contributed by atoms with Gasteiger partial charge in [-0.05, 0) is 59.4 Å². The van der Waals surface area contributed by atoms with E-state index in [1.54, 1.807) is 0 Å². The van der Waals surface area contributed by atoms with Gasteiger partial charge in [-0.25, -0.2) is 0 Å². The van der Waals surface area contributed by atoms with E-state index in [0.29, 0.717) is 11.5 Å². The van der Waals surface area contributed by atoms with Gasteiger partial charge < -0.3 is 5.32 Å². The Labute approximate surface area is 133 Å². The minimum Gasteiger partial charge on any atom is -0.313 e. The fourth-order valence-corrected chi connectivity index (χ4v) is 4.64. The number of benzene rings is 1. The minimum absolute atomic E-state index is 0.355. The molecule has 1 heterocycles. The zero-order valence-electron chi connectivity index (χ0n) is 11.7. The molecule has 1 unspecified atom stereocenters. The monoisotopic (exact) mass is 349 g/mol. The average Bonchev–Trinajstić information content (AvgIpc) is 3.18. The molecule has 106 valence electrons.